The van der Waals surface area contributed by atoms with E-state index in [9.17, 15) is 9.59 Å². The summed E-state index contributed by atoms with van der Waals surface area (Å²) >= 11 is 0. The Morgan fingerprint density at radius 2 is 1.68 bits per heavy atom. The normalized spacial score (nSPS) is 16.7. The average Bonchev–Trinajstić information content (AvgIpc) is 3.03. The molecule has 1 aromatic heterocycles. The van der Waals surface area contributed by atoms with Crippen molar-refractivity contribution in [2.75, 3.05) is 57.5 Å². The highest BCUT2D eigenvalue weighted by molar-refractivity contribution is 5.99. The van der Waals surface area contributed by atoms with Gasteiger partial charge >= 0.3 is 0 Å². The van der Waals surface area contributed by atoms with E-state index < -0.39 is 0 Å². The average molecular weight is 601 g/mol. The van der Waals surface area contributed by atoms with Crippen LogP contribution in [-0.2, 0) is 17.8 Å². The number of carbonyl (C=O) groups is 1. The van der Waals surface area contributed by atoms with Gasteiger partial charge in [0.05, 0.1) is 0 Å². The molecule has 3 heterocycles. The first-order valence-corrected chi connectivity index (χ1v) is 16.0. The maximum atomic E-state index is 13.8. The number of nitrogens with zero attached hydrogens (tertiary/aromatic N) is 3. The van der Waals surface area contributed by atoms with E-state index in [2.05, 4.69) is 62.3 Å². The molecule has 9 nitrogen and oxygen atoms in total. The SMILES string of the molecule is CCN(c1cc(-c2ccc(CN3CCN(CN)CC3)cc2)cc(C(=O)NCc2c(C)cc(C)[nH]c2=O)c1C)C1CCOCC1. The minimum atomic E-state index is -0.179. The molecule has 0 aliphatic carbocycles. The van der Waals surface area contributed by atoms with Gasteiger partial charge in [0.15, 0.2) is 0 Å². The maximum absolute atomic E-state index is 13.8. The van der Waals surface area contributed by atoms with Gasteiger partial charge in [-0.1, -0.05) is 24.3 Å². The zero-order valence-corrected chi connectivity index (χ0v) is 26.7. The van der Waals surface area contributed by atoms with Gasteiger partial charge in [-0.05, 0) is 86.6 Å². The lowest BCUT2D eigenvalue weighted by molar-refractivity contribution is 0.0846. The van der Waals surface area contributed by atoms with Crippen LogP contribution >= 0.6 is 0 Å². The van der Waals surface area contributed by atoms with E-state index in [1.165, 1.54) is 5.56 Å². The highest BCUT2D eigenvalue weighted by Crippen LogP contribution is 2.34. The second-order valence-corrected chi connectivity index (χ2v) is 12.2. The first-order chi connectivity index (χ1) is 21.3. The highest BCUT2D eigenvalue weighted by Gasteiger charge is 2.25. The maximum Gasteiger partial charge on any atom is 0.253 e. The van der Waals surface area contributed by atoms with Gasteiger partial charge in [-0.3, -0.25) is 19.4 Å². The molecule has 2 fully saturated rings. The number of aromatic amines is 1. The number of pyridine rings is 1. The molecule has 1 amide bonds. The summed E-state index contributed by atoms with van der Waals surface area (Å²) in [7, 11) is 0. The van der Waals surface area contributed by atoms with Crippen molar-refractivity contribution in [1.29, 1.82) is 0 Å². The van der Waals surface area contributed by atoms with Crippen LogP contribution < -0.4 is 21.5 Å². The molecule has 0 unspecified atom stereocenters. The van der Waals surface area contributed by atoms with Crippen LogP contribution in [0, 0.1) is 20.8 Å². The van der Waals surface area contributed by atoms with Crippen molar-refractivity contribution in [2.24, 2.45) is 5.73 Å². The molecule has 44 heavy (non-hydrogen) atoms. The molecular weight excluding hydrogens is 552 g/mol. The Labute approximate surface area is 261 Å². The van der Waals surface area contributed by atoms with Gasteiger partial charge in [0, 0.05) is 94.2 Å². The molecule has 2 aliphatic heterocycles. The van der Waals surface area contributed by atoms with Crippen LogP contribution in [0.3, 0.4) is 0 Å². The van der Waals surface area contributed by atoms with Gasteiger partial charge in [-0.25, -0.2) is 0 Å². The van der Waals surface area contributed by atoms with Crippen molar-refractivity contribution >= 4 is 11.6 Å². The molecule has 9 heteroatoms. The van der Waals surface area contributed by atoms with E-state index in [1.54, 1.807) is 0 Å². The third-order valence-corrected chi connectivity index (χ3v) is 9.24. The van der Waals surface area contributed by atoms with E-state index in [0.29, 0.717) is 23.8 Å². The van der Waals surface area contributed by atoms with Crippen LogP contribution in [0.15, 0.2) is 47.3 Å². The number of rotatable bonds is 10. The predicted molar refractivity (Wildman–Crippen MR) is 177 cm³/mol. The van der Waals surface area contributed by atoms with Crippen molar-refractivity contribution < 1.29 is 9.53 Å². The number of benzene rings is 2. The lowest BCUT2D eigenvalue weighted by atomic mass is 9.94. The number of hydrogen-bond acceptors (Lipinski definition) is 7. The molecule has 3 aromatic rings. The van der Waals surface area contributed by atoms with Crippen molar-refractivity contribution in [3.8, 4) is 11.1 Å². The first-order valence-electron chi connectivity index (χ1n) is 16.0. The predicted octanol–water partition coefficient (Wildman–Crippen LogP) is 3.94. The van der Waals surface area contributed by atoms with Gasteiger partial charge in [0.2, 0.25) is 0 Å². The number of ether oxygens (including phenoxy) is 1. The minimum absolute atomic E-state index is 0.160. The molecule has 4 N–H and O–H groups in total. The summed E-state index contributed by atoms with van der Waals surface area (Å²) in [5, 5.41) is 3.05. The Morgan fingerprint density at radius 1 is 1.00 bits per heavy atom. The number of hydrogen-bond donors (Lipinski definition) is 3. The molecule has 0 atom stereocenters. The fourth-order valence-electron chi connectivity index (χ4n) is 6.58. The minimum Gasteiger partial charge on any atom is -0.381 e. The van der Waals surface area contributed by atoms with Gasteiger partial charge in [-0.2, -0.15) is 0 Å². The molecule has 0 bridgehead atoms. The molecule has 236 valence electrons. The Hall–Kier alpha value is -3.50. The summed E-state index contributed by atoms with van der Waals surface area (Å²) in [6.45, 7) is 16.1. The molecule has 0 saturated carbocycles. The Bertz CT molecular complexity index is 1490. The highest BCUT2D eigenvalue weighted by atomic mass is 16.5. The number of anilines is 1. The van der Waals surface area contributed by atoms with Crippen molar-refractivity contribution in [2.45, 2.75) is 59.7 Å². The summed E-state index contributed by atoms with van der Waals surface area (Å²) in [5.74, 6) is -0.179. The van der Waals surface area contributed by atoms with E-state index in [4.69, 9.17) is 10.5 Å². The van der Waals surface area contributed by atoms with E-state index in [0.717, 1.165) is 99.0 Å². The molecule has 2 saturated heterocycles. The van der Waals surface area contributed by atoms with Crippen molar-refractivity contribution in [1.82, 2.24) is 20.1 Å². The first kappa shape index (κ1) is 31.9. The zero-order chi connectivity index (χ0) is 31.2. The number of aryl methyl sites for hydroxylation is 2. The van der Waals surface area contributed by atoms with Gasteiger partial charge in [0.25, 0.3) is 11.5 Å². The Balaban J connectivity index is 1.43. The second-order valence-electron chi connectivity index (χ2n) is 12.2. The standard InChI is InChI=1S/C35H48N6O3/c1-5-41(30-10-16-44-17-11-30)33-20-29(28-8-6-27(7-9-28)22-39-12-14-40(23-36)15-13-39)19-31(26(33)4)34(42)37-21-32-24(2)18-25(3)38-35(32)43/h6-9,18-20,30H,5,10-17,21-23,36H2,1-4H3,(H,37,42)(H,38,43). The zero-order valence-electron chi connectivity index (χ0n) is 26.7. The summed E-state index contributed by atoms with van der Waals surface area (Å²) in [6, 6.07) is 15.3. The van der Waals surface area contributed by atoms with Crippen molar-refractivity contribution in [3.63, 3.8) is 0 Å². The summed E-state index contributed by atoms with van der Waals surface area (Å²) < 4.78 is 5.66. The number of aromatic nitrogens is 1. The largest absolute Gasteiger partial charge is 0.381 e. The Kier molecular flexibility index (Phi) is 10.5. The molecular formula is C35H48N6O3. The van der Waals surface area contributed by atoms with Crippen LogP contribution in [0.2, 0.25) is 0 Å². The lowest BCUT2D eigenvalue weighted by Crippen LogP contribution is -2.47. The topological polar surface area (TPSA) is 107 Å². The van der Waals surface area contributed by atoms with E-state index in [-0.39, 0.29) is 18.0 Å². The van der Waals surface area contributed by atoms with Gasteiger partial charge in [0.1, 0.15) is 0 Å². The number of piperazine rings is 1. The summed E-state index contributed by atoms with van der Waals surface area (Å²) in [5.41, 5.74) is 13.9. The third kappa shape index (κ3) is 7.41. The number of nitrogens with two attached hydrogens (primary N) is 1. The number of amides is 1. The lowest BCUT2D eigenvalue weighted by Gasteiger charge is -2.37. The van der Waals surface area contributed by atoms with Crippen LogP contribution in [-0.4, -0.2) is 79.3 Å². The van der Waals surface area contributed by atoms with Gasteiger partial charge in [-0.15, -0.1) is 0 Å². The number of nitrogens with one attached hydrogen (secondary N) is 2. The number of carbonyl (C=O) groups excluding carboxylic acids is 1. The second kappa shape index (κ2) is 14.5. The van der Waals surface area contributed by atoms with Crippen molar-refractivity contribution in [3.05, 3.63) is 86.3 Å². The summed E-state index contributed by atoms with van der Waals surface area (Å²) in [4.78, 5) is 36.5. The van der Waals surface area contributed by atoms with E-state index in [1.807, 2.05) is 32.9 Å². The fourth-order valence-corrected chi connectivity index (χ4v) is 6.58. The van der Waals surface area contributed by atoms with E-state index >= 15 is 0 Å². The molecule has 5 rings (SSSR count). The summed E-state index contributed by atoms with van der Waals surface area (Å²) in [6.07, 6.45) is 1.92. The monoisotopic (exact) mass is 600 g/mol. The molecule has 0 radical (unpaired) electrons. The molecule has 0 spiro atoms. The molecule has 2 aromatic carbocycles. The quantitative estimate of drug-likeness (QED) is 0.324. The number of H-pyrrole nitrogens is 1. The Morgan fingerprint density at radius 3 is 2.32 bits per heavy atom. The van der Waals surface area contributed by atoms with Gasteiger partial charge < -0.3 is 25.7 Å². The molecule has 2 aliphatic rings. The van der Waals surface area contributed by atoms with Crippen LogP contribution in [0.4, 0.5) is 5.69 Å². The van der Waals surface area contributed by atoms with Crippen LogP contribution in [0.25, 0.3) is 11.1 Å². The smallest absolute Gasteiger partial charge is 0.253 e. The van der Waals surface area contributed by atoms with Crippen LogP contribution in [0.1, 0.15) is 58.1 Å². The van der Waals surface area contributed by atoms with Crippen LogP contribution in [0.5, 0.6) is 0 Å². The fraction of sp³-hybridized carbons (Fsp3) is 0.486. The third-order valence-electron chi connectivity index (χ3n) is 9.24.